The van der Waals surface area contributed by atoms with Crippen LogP contribution in [0.2, 0.25) is 10.0 Å². The highest BCUT2D eigenvalue weighted by atomic mass is 35.5. The van der Waals surface area contributed by atoms with Crippen molar-refractivity contribution in [3.63, 3.8) is 0 Å². The van der Waals surface area contributed by atoms with Crippen LogP contribution in [0.15, 0.2) is 96.6 Å². The van der Waals surface area contributed by atoms with Gasteiger partial charge in [-0.25, -0.2) is 0 Å². The first-order chi connectivity index (χ1) is 26.4. The summed E-state index contributed by atoms with van der Waals surface area (Å²) in [5, 5.41) is 23.9. The number of amides is 4. The predicted molar refractivity (Wildman–Crippen MR) is 201 cm³/mol. The summed E-state index contributed by atoms with van der Waals surface area (Å²) in [7, 11) is 2.92. The first kappa shape index (κ1) is 36.1. The molecule has 3 fully saturated rings. The molecule has 0 aromatic heterocycles. The molecule has 4 amide bonds. The van der Waals surface area contributed by atoms with Crippen molar-refractivity contribution in [3.05, 3.63) is 128 Å². The number of phenols is 1. The van der Waals surface area contributed by atoms with E-state index in [1.807, 2.05) is 6.08 Å². The number of phenolic OH excluding ortho intramolecular Hbond substituents is 1. The summed E-state index contributed by atoms with van der Waals surface area (Å²) in [6.07, 6.45) is 2.05. The standard InChI is InChI=1S/C40H32Cl2N4O9/c1-54-25-11-4-21(5-12-25)40-29(37(49)45(39(40)51)43-31-15-6-22(41)18-30(31)42)19-28-26(35(40)20-3-16-33(55-2)32(47)17-20)13-14-27-34(28)38(50)44(36(27)48)23-7-9-24(10-8-23)46(52)53/h3-13,15-18,27-29,34-35,43,47H,14,19H2,1-2H3. The molecule has 0 spiro atoms. The summed E-state index contributed by atoms with van der Waals surface area (Å²) >= 11 is 12.7. The maximum Gasteiger partial charge on any atom is 0.269 e. The zero-order chi connectivity index (χ0) is 38.9. The molecule has 2 saturated heterocycles. The topological polar surface area (TPSA) is 169 Å². The van der Waals surface area contributed by atoms with Crippen LogP contribution in [0.1, 0.15) is 29.9 Å². The van der Waals surface area contributed by atoms with Gasteiger partial charge in [-0.1, -0.05) is 53.1 Å². The Morgan fingerprint density at radius 3 is 2.24 bits per heavy atom. The number of hydrogen-bond acceptors (Lipinski definition) is 10. The molecular formula is C40H32Cl2N4O9. The van der Waals surface area contributed by atoms with E-state index in [1.54, 1.807) is 48.5 Å². The average molecular weight is 784 g/mol. The molecule has 2 aliphatic carbocycles. The molecule has 280 valence electrons. The molecular weight excluding hydrogens is 751 g/mol. The third-order valence-electron chi connectivity index (χ3n) is 11.4. The molecule has 6 atom stereocenters. The van der Waals surface area contributed by atoms with Gasteiger partial charge in [0.15, 0.2) is 11.5 Å². The van der Waals surface area contributed by atoms with Gasteiger partial charge in [-0.05, 0) is 84.5 Å². The molecule has 2 heterocycles. The van der Waals surface area contributed by atoms with Crippen molar-refractivity contribution in [1.29, 1.82) is 0 Å². The van der Waals surface area contributed by atoms with Gasteiger partial charge in [-0.2, -0.15) is 5.01 Å². The van der Waals surface area contributed by atoms with Crippen LogP contribution >= 0.6 is 23.2 Å². The summed E-state index contributed by atoms with van der Waals surface area (Å²) in [5.74, 6) is -6.05. The van der Waals surface area contributed by atoms with Crippen molar-refractivity contribution >= 4 is 63.9 Å². The zero-order valence-electron chi connectivity index (χ0n) is 29.3. The summed E-state index contributed by atoms with van der Waals surface area (Å²) in [4.78, 5) is 70.7. The Labute approximate surface area is 324 Å². The zero-order valence-corrected chi connectivity index (χ0v) is 30.8. The average Bonchev–Trinajstić information content (AvgIpc) is 3.56. The number of carbonyl (C=O) groups is 4. The number of nitrogens with zero attached hydrogens (tertiary/aromatic N) is 3. The third-order valence-corrected chi connectivity index (χ3v) is 12.0. The number of anilines is 2. The second kappa shape index (κ2) is 13.4. The van der Waals surface area contributed by atoms with E-state index < -0.39 is 63.6 Å². The van der Waals surface area contributed by atoms with E-state index in [9.17, 15) is 29.6 Å². The highest BCUT2D eigenvalue weighted by Gasteiger charge is 2.70. The number of hydrogen-bond donors (Lipinski definition) is 2. The van der Waals surface area contributed by atoms with Gasteiger partial charge in [0.05, 0.1) is 58.7 Å². The van der Waals surface area contributed by atoms with Gasteiger partial charge in [0.2, 0.25) is 11.8 Å². The lowest BCUT2D eigenvalue weighted by Crippen LogP contribution is -2.53. The Bertz CT molecular complexity index is 2330. The minimum absolute atomic E-state index is 0.0158. The van der Waals surface area contributed by atoms with E-state index in [4.69, 9.17) is 32.7 Å². The number of halogens is 2. The molecule has 4 aliphatic rings. The van der Waals surface area contributed by atoms with Crippen LogP contribution in [0.25, 0.3) is 0 Å². The number of carbonyl (C=O) groups excluding carboxylic acids is 4. The van der Waals surface area contributed by atoms with Crippen molar-refractivity contribution in [2.24, 2.45) is 23.7 Å². The number of aromatic hydroxyl groups is 1. The summed E-state index contributed by atoms with van der Waals surface area (Å²) in [6.45, 7) is 0. The van der Waals surface area contributed by atoms with Gasteiger partial charge in [0.25, 0.3) is 17.5 Å². The minimum atomic E-state index is -1.63. The largest absolute Gasteiger partial charge is 0.504 e. The molecule has 0 radical (unpaired) electrons. The Kier molecular flexibility index (Phi) is 8.81. The maximum absolute atomic E-state index is 15.4. The molecule has 2 aliphatic heterocycles. The van der Waals surface area contributed by atoms with Crippen LogP contribution in [0.5, 0.6) is 17.2 Å². The van der Waals surface area contributed by atoms with E-state index in [0.29, 0.717) is 27.5 Å². The number of nitrogens with one attached hydrogen (secondary N) is 1. The Morgan fingerprint density at radius 2 is 1.60 bits per heavy atom. The maximum atomic E-state index is 15.4. The van der Waals surface area contributed by atoms with E-state index in [0.717, 1.165) is 9.91 Å². The van der Waals surface area contributed by atoms with Crippen molar-refractivity contribution in [3.8, 4) is 17.2 Å². The molecule has 1 saturated carbocycles. The number of nitro groups is 1. The third kappa shape index (κ3) is 5.43. The number of hydrazine groups is 1. The fraction of sp³-hybridized carbons (Fsp3) is 0.250. The lowest BCUT2D eigenvalue weighted by molar-refractivity contribution is -0.384. The number of nitro benzene ring substituents is 1. The second-order valence-corrected chi connectivity index (χ2v) is 14.8. The van der Waals surface area contributed by atoms with Crippen molar-refractivity contribution < 1.29 is 38.7 Å². The Hall–Kier alpha value is -5.92. The van der Waals surface area contributed by atoms with Gasteiger partial charge < -0.3 is 14.6 Å². The molecule has 15 heteroatoms. The highest BCUT2D eigenvalue weighted by Crippen LogP contribution is 2.64. The van der Waals surface area contributed by atoms with Crippen LogP contribution in [-0.2, 0) is 24.6 Å². The molecule has 8 rings (SSSR count). The summed E-state index contributed by atoms with van der Waals surface area (Å²) in [5.41, 5.74) is 3.20. The van der Waals surface area contributed by atoms with Gasteiger partial charge in [-0.15, -0.1) is 0 Å². The van der Waals surface area contributed by atoms with Crippen LogP contribution in [0.4, 0.5) is 17.1 Å². The number of imide groups is 2. The SMILES string of the molecule is COc1ccc(C23C(=O)N(Nc4ccc(Cl)cc4Cl)C(=O)C2CC2C(=CCC4C(=O)N(c5ccc([N+](=O)[O-])cc5)C(=O)C42)C3c2ccc(OC)c(O)c2)cc1. The lowest BCUT2D eigenvalue weighted by atomic mass is 9.49. The normalized spacial score (nSPS) is 25.6. The van der Waals surface area contributed by atoms with Crippen LogP contribution < -0.4 is 19.8 Å². The van der Waals surface area contributed by atoms with Crippen LogP contribution in [-0.4, -0.2) is 52.9 Å². The number of non-ortho nitro benzene ring substituents is 1. The quantitative estimate of drug-likeness (QED) is 0.0838. The molecule has 6 unspecified atom stereocenters. The summed E-state index contributed by atoms with van der Waals surface area (Å²) < 4.78 is 10.8. The molecule has 4 aromatic rings. The Balaban J connectivity index is 1.31. The smallest absolute Gasteiger partial charge is 0.269 e. The first-order valence-electron chi connectivity index (χ1n) is 17.3. The van der Waals surface area contributed by atoms with Gasteiger partial charge >= 0.3 is 0 Å². The van der Waals surface area contributed by atoms with Gasteiger partial charge in [0, 0.05) is 23.1 Å². The number of methoxy groups -OCH3 is 2. The number of rotatable bonds is 8. The predicted octanol–water partition coefficient (Wildman–Crippen LogP) is 6.81. The highest BCUT2D eigenvalue weighted by molar-refractivity contribution is 6.36. The fourth-order valence-corrected chi connectivity index (χ4v) is 9.53. The Morgan fingerprint density at radius 1 is 0.873 bits per heavy atom. The fourth-order valence-electron chi connectivity index (χ4n) is 9.08. The van der Waals surface area contributed by atoms with E-state index in [2.05, 4.69) is 5.43 Å². The van der Waals surface area contributed by atoms with E-state index >= 15 is 4.79 Å². The monoisotopic (exact) mass is 782 g/mol. The molecule has 13 nitrogen and oxygen atoms in total. The number of benzene rings is 4. The lowest BCUT2D eigenvalue weighted by Gasteiger charge is -2.50. The van der Waals surface area contributed by atoms with Crippen LogP contribution in [0, 0.1) is 33.8 Å². The van der Waals surface area contributed by atoms with Crippen molar-refractivity contribution in [1.82, 2.24) is 5.01 Å². The molecule has 0 bridgehead atoms. The second-order valence-electron chi connectivity index (χ2n) is 13.9. The van der Waals surface area contributed by atoms with Gasteiger partial charge in [-0.3, -0.25) is 39.6 Å². The number of allylic oxidation sites excluding steroid dienone is 2. The molecule has 4 aromatic carbocycles. The van der Waals surface area contributed by atoms with Crippen molar-refractivity contribution in [2.45, 2.75) is 24.2 Å². The van der Waals surface area contributed by atoms with E-state index in [1.165, 1.54) is 50.6 Å². The molecule has 2 N–H and O–H groups in total. The summed E-state index contributed by atoms with van der Waals surface area (Å²) in [6, 6.07) is 21.4. The van der Waals surface area contributed by atoms with Crippen LogP contribution in [0.3, 0.4) is 0 Å². The van der Waals surface area contributed by atoms with E-state index in [-0.39, 0.29) is 46.4 Å². The molecule has 55 heavy (non-hydrogen) atoms. The minimum Gasteiger partial charge on any atom is -0.504 e. The van der Waals surface area contributed by atoms with Gasteiger partial charge in [0.1, 0.15) is 5.75 Å². The first-order valence-corrected chi connectivity index (χ1v) is 18.1. The number of ether oxygens (including phenoxy) is 2. The van der Waals surface area contributed by atoms with Crippen molar-refractivity contribution in [2.75, 3.05) is 24.5 Å². The number of fused-ring (bicyclic) bond motifs is 4.